The van der Waals surface area contributed by atoms with Gasteiger partial charge in [-0.25, -0.2) is 4.79 Å². The van der Waals surface area contributed by atoms with Crippen molar-refractivity contribution in [3.63, 3.8) is 0 Å². The summed E-state index contributed by atoms with van der Waals surface area (Å²) in [5.41, 5.74) is 0. The predicted octanol–water partition coefficient (Wildman–Crippen LogP) is 0.222. The van der Waals surface area contributed by atoms with Crippen molar-refractivity contribution in [3.05, 3.63) is 0 Å². The molecule has 0 aliphatic carbocycles. The molecule has 0 aliphatic heterocycles. The van der Waals surface area contributed by atoms with Crippen LogP contribution >= 0.6 is 15.9 Å². The molecule has 0 bridgehead atoms. The van der Waals surface area contributed by atoms with Gasteiger partial charge in [-0.1, -0.05) is 0 Å². The summed E-state index contributed by atoms with van der Waals surface area (Å²) in [6.45, 7) is 2.80. The first-order valence-corrected chi connectivity index (χ1v) is 3.81. The monoisotopic (exact) mass is 224 g/mol. The van der Waals surface area contributed by atoms with Crippen molar-refractivity contribution in [1.82, 2.24) is 0 Å². The zero-order valence-electron chi connectivity index (χ0n) is 6.26. The largest absolute Gasteiger partial charge is 0.463 e. The second-order valence-electron chi connectivity index (χ2n) is 1.90. The number of hydrogen-bond donors (Lipinski definition) is 1. The van der Waals surface area contributed by atoms with Crippen molar-refractivity contribution >= 4 is 27.7 Å². The van der Waals surface area contributed by atoms with Crippen molar-refractivity contribution in [1.29, 1.82) is 0 Å². The Kier molecular flexibility index (Phi) is 3.68. The number of alkyl halides is 1. The topological polar surface area (TPSA) is 63.6 Å². The average Bonchev–Trinajstić information content (AvgIpc) is 1.88. The lowest BCUT2D eigenvalue weighted by Crippen LogP contribution is -2.40. The fourth-order valence-electron chi connectivity index (χ4n) is 0.370. The molecule has 11 heavy (non-hydrogen) atoms. The van der Waals surface area contributed by atoms with Crippen LogP contribution in [0.15, 0.2) is 0 Å². The Morgan fingerprint density at radius 2 is 2.09 bits per heavy atom. The lowest BCUT2D eigenvalue weighted by atomic mass is 10.2. The van der Waals surface area contributed by atoms with Crippen LogP contribution in [0.4, 0.5) is 0 Å². The third-order valence-corrected chi connectivity index (χ3v) is 1.89. The third kappa shape index (κ3) is 2.59. The zero-order chi connectivity index (χ0) is 9.07. The molecule has 1 N–H and O–H groups in total. The third-order valence-electron chi connectivity index (χ3n) is 1.01. The first kappa shape index (κ1) is 10.6. The van der Waals surface area contributed by atoms with Crippen LogP contribution in [-0.4, -0.2) is 28.0 Å². The standard InChI is InChI=1S/C6H9BrO4/c1-3-11-5(9)6(7,10)4(2)8/h10H,3H2,1-2H3. The van der Waals surface area contributed by atoms with E-state index in [1.165, 1.54) is 0 Å². The van der Waals surface area contributed by atoms with Crippen LogP contribution in [0.5, 0.6) is 0 Å². The first-order chi connectivity index (χ1) is 4.92. The van der Waals surface area contributed by atoms with Gasteiger partial charge in [0.25, 0.3) is 4.51 Å². The Hall–Kier alpha value is -0.420. The normalized spacial score (nSPS) is 15.3. The van der Waals surface area contributed by atoms with Crippen LogP contribution in [0, 0.1) is 0 Å². The van der Waals surface area contributed by atoms with Crippen molar-refractivity contribution in [2.24, 2.45) is 0 Å². The van der Waals surface area contributed by atoms with Gasteiger partial charge in [-0.2, -0.15) is 0 Å². The molecule has 0 fully saturated rings. The number of esters is 1. The van der Waals surface area contributed by atoms with Gasteiger partial charge in [0.2, 0.25) is 0 Å². The van der Waals surface area contributed by atoms with Crippen molar-refractivity contribution in [2.75, 3.05) is 6.61 Å². The number of ketones is 1. The maximum absolute atomic E-state index is 10.8. The fraction of sp³-hybridized carbons (Fsp3) is 0.667. The van der Waals surface area contributed by atoms with Gasteiger partial charge >= 0.3 is 5.97 Å². The van der Waals surface area contributed by atoms with E-state index < -0.39 is 16.3 Å². The van der Waals surface area contributed by atoms with E-state index in [9.17, 15) is 9.59 Å². The van der Waals surface area contributed by atoms with E-state index in [1.54, 1.807) is 6.92 Å². The molecule has 0 rings (SSSR count). The molecule has 0 aliphatic rings. The molecule has 64 valence electrons. The summed E-state index contributed by atoms with van der Waals surface area (Å²) >= 11 is 2.54. The van der Waals surface area contributed by atoms with Gasteiger partial charge in [0, 0.05) is 0 Å². The number of Topliss-reactive ketones (excluding diaryl/α,β-unsaturated/α-hetero) is 1. The minimum absolute atomic E-state index is 0.125. The minimum atomic E-state index is -2.18. The maximum Gasteiger partial charge on any atom is 0.357 e. The summed E-state index contributed by atoms with van der Waals surface area (Å²) in [5, 5.41) is 9.08. The quantitative estimate of drug-likeness (QED) is 0.424. The fourth-order valence-corrected chi connectivity index (χ4v) is 0.485. The number of ether oxygens (including phenoxy) is 1. The van der Waals surface area contributed by atoms with E-state index >= 15 is 0 Å². The van der Waals surface area contributed by atoms with Gasteiger partial charge in [-0.15, -0.1) is 0 Å². The van der Waals surface area contributed by atoms with E-state index in [4.69, 9.17) is 5.11 Å². The second kappa shape index (κ2) is 3.82. The molecule has 0 amide bonds. The van der Waals surface area contributed by atoms with E-state index in [1.807, 2.05) is 0 Å². The van der Waals surface area contributed by atoms with Crippen LogP contribution in [0.2, 0.25) is 0 Å². The highest BCUT2D eigenvalue weighted by atomic mass is 79.9. The maximum atomic E-state index is 10.8. The SMILES string of the molecule is CCOC(=O)C(O)(Br)C(C)=O. The minimum Gasteiger partial charge on any atom is -0.463 e. The van der Waals surface area contributed by atoms with Crippen molar-refractivity contribution < 1.29 is 19.4 Å². The van der Waals surface area contributed by atoms with E-state index in [2.05, 4.69) is 20.7 Å². The van der Waals surface area contributed by atoms with Crippen LogP contribution in [0.3, 0.4) is 0 Å². The number of carbonyl (C=O) groups excluding carboxylic acids is 2. The summed E-state index contributed by atoms with van der Waals surface area (Å²) in [6.07, 6.45) is 0. The molecule has 0 saturated carbocycles. The molecule has 1 unspecified atom stereocenters. The van der Waals surface area contributed by atoms with Gasteiger partial charge < -0.3 is 9.84 Å². The first-order valence-electron chi connectivity index (χ1n) is 3.02. The highest BCUT2D eigenvalue weighted by Gasteiger charge is 2.39. The Morgan fingerprint density at radius 3 is 2.36 bits per heavy atom. The van der Waals surface area contributed by atoms with Gasteiger partial charge in [0.05, 0.1) is 6.61 Å². The van der Waals surface area contributed by atoms with Crippen LogP contribution in [-0.2, 0) is 14.3 Å². The number of rotatable bonds is 3. The van der Waals surface area contributed by atoms with Gasteiger partial charge in [-0.05, 0) is 29.8 Å². The summed E-state index contributed by atoms with van der Waals surface area (Å²) in [7, 11) is 0. The molecule has 0 radical (unpaired) electrons. The Morgan fingerprint density at radius 1 is 1.64 bits per heavy atom. The molecular formula is C6H9BrO4. The second-order valence-corrected chi connectivity index (χ2v) is 3.05. The molecule has 0 heterocycles. The molecule has 0 aromatic carbocycles. The van der Waals surface area contributed by atoms with E-state index in [-0.39, 0.29) is 6.61 Å². The highest BCUT2D eigenvalue weighted by Crippen LogP contribution is 2.16. The summed E-state index contributed by atoms with van der Waals surface area (Å²) in [6, 6.07) is 0. The van der Waals surface area contributed by atoms with Crippen LogP contribution in [0.1, 0.15) is 13.8 Å². The Balaban J connectivity index is 4.30. The van der Waals surface area contributed by atoms with Crippen molar-refractivity contribution in [2.45, 2.75) is 18.4 Å². The number of aliphatic hydroxyl groups is 1. The lowest BCUT2D eigenvalue weighted by Gasteiger charge is -2.14. The number of hydrogen-bond acceptors (Lipinski definition) is 4. The van der Waals surface area contributed by atoms with Crippen LogP contribution in [0.25, 0.3) is 0 Å². The lowest BCUT2D eigenvalue weighted by molar-refractivity contribution is -0.159. The molecule has 0 saturated heterocycles. The van der Waals surface area contributed by atoms with Gasteiger partial charge in [0.15, 0.2) is 5.78 Å². The van der Waals surface area contributed by atoms with Gasteiger partial charge in [-0.3, -0.25) is 4.79 Å². The summed E-state index contributed by atoms with van der Waals surface area (Å²) in [5.74, 6) is -1.68. The molecule has 1 atom stereocenters. The molecular weight excluding hydrogens is 216 g/mol. The number of carbonyl (C=O) groups is 2. The molecule has 5 heteroatoms. The number of halogens is 1. The predicted molar refractivity (Wildman–Crippen MR) is 41.2 cm³/mol. The molecule has 0 aromatic rings. The van der Waals surface area contributed by atoms with Gasteiger partial charge in [0.1, 0.15) is 0 Å². The Bertz CT molecular complexity index is 175. The van der Waals surface area contributed by atoms with Crippen LogP contribution < -0.4 is 0 Å². The smallest absolute Gasteiger partial charge is 0.357 e. The summed E-state index contributed by atoms with van der Waals surface area (Å²) in [4.78, 5) is 21.4. The van der Waals surface area contributed by atoms with E-state index in [0.29, 0.717) is 0 Å². The van der Waals surface area contributed by atoms with E-state index in [0.717, 1.165) is 6.92 Å². The molecule has 4 nitrogen and oxygen atoms in total. The highest BCUT2D eigenvalue weighted by molar-refractivity contribution is 9.10. The molecule has 0 spiro atoms. The average molecular weight is 225 g/mol. The zero-order valence-corrected chi connectivity index (χ0v) is 7.84. The Labute approximate surface area is 72.7 Å². The summed E-state index contributed by atoms with van der Waals surface area (Å²) < 4.78 is 2.23. The van der Waals surface area contributed by atoms with Crippen molar-refractivity contribution in [3.8, 4) is 0 Å². The molecule has 0 aromatic heterocycles.